The number of fused-ring (bicyclic) bond motifs is 1. The fourth-order valence-electron chi connectivity index (χ4n) is 3.80. The van der Waals surface area contributed by atoms with E-state index in [0.29, 0.717) is 37.1 Å². The SMILES string of the molecule is O=C(c1ccc2n[nH]nc2c1)N1CCC(N2CC(CF)CC2=O)CC1. The molecule has 2 aliphatic rings. The third-order valence-corrected chi connectivity index (χ3v) is 5.21. The fourth-order valence-corrected chi connectivity index (χ4v) is 3.80. The first-order valence-corrected chi connectivity index (χ1v) is 8.61. The Morgan fingerprint density at radius 3 is 2.72 bits per heavy atom. The second kappa shape index (κ2) is 6.42. The number of benzene rings is 1. The molecule has 3 heterocycles. The number of aromatic amines is 1. The Hall–Kier alpha value is -2.51. The highest BCUT2D eigenvalue weighted by Crippen LogP contribution is 2.26. The Balaban J connectivity index is 1.39. The van der Waals surface area contributed by atoms with Gasteiger partial charge in [0, 0.05) is 43.6 Å². The van der Waals surface area contributed by atoms with Crippen molar-refractivity contribution in [2.75, 3.05) is 26.3 Å². The Labute approximate surface area is 144 Å². The number of rotatable bonds is 3. The average Bonchev–Trinajstić information content (AvgIpc) is 3.26. The van der Waals surface area contributed by atoms with Gasteiger partial charge in [0.15, 0.2) is 0 Å². The smallest absolute Gasteiger partial charge is 0.253 e. The van der Waals surface area contributed by atoms with Crippen molar-refractivity contribution >= 4 is 22.8 Å². The highest BCUT2D eigenvalue weighted by molar-refractivity contribution is 5.97. The summed E-state index contributed by atoms with van der Waals surface area (Å²) in [4.78, 5) is 28.4. The molecule has 0 aliphatic carbocycles. The van der Waals surface area contributed by atoms with Crippen molar-refractivity contribution < 1.29 is 14.0 Å². The zero-order chi connectivity index (χ0) is 17.4. The number of carbonyl (C=O) groups excluding carboxylic acids is 2. The molecule has 0 spiro atoms. The number of piperidine rings is 1. The van der Waals surface area contributed by atoms with Gasteiger partial charge < -0.3 is 9.80 Å². The molecular weight excluding hydrogens is 325 g/mol. The van der Waals surface area contributed by atoms with Gasteiger partial charge in [-0.25, -0.2) is 0 Å². The molecule has 2 saturated heterocycles. The largest absolute Gasteiger partial charge is 0.339 e. The summed E-state index contributed by atoms with van der Waals surface area (Å²) in [6.07, 6.45) is 1.79. The van der Waals surface area contributed by atoms with E-state index >= 15 is 0 Å². The minimum absolute atomic E-state index is 0.0299. The lowest BCUT2D eigenvalue weighted by Crippen LogP contribution is -2.47. The third kappa shape index (κ3) is 2.96. The van der Waals surface area contributed by atoms with Crippen molar-refractivity contribution in [1.29, 1.82) is 0 Å². The first kappa shape index (κ1) is 16.0. The molecule has 1 unspecified atom stereocenters. The predicted octanol–water partition coefficient (Wildman–Crippen LogP) is 1.38. The molecule has 0 saturated carbocycles. The van der Waals surface area contributed by atoms with E-state index in [9.17, 15) is 14.0 Å². The van der Waals surface area contributed by atoms with Crippen molar-refractivity contribution in [3.63, 3.8) is 0 Å². The normalized spacial score (nSPS) is 22.1. The molecule has 4 rings (SSSR count). The van der Waals surface area contributed by atoms with Crippen LogP contribution in [-0.4, -0.2) is 69.4 Å². The van der Waals surface area contributed by atoms with Crippen LogP contribution in [0.5, 0.6) is 0 Å². The Morgan fingerprint density at radius 1 is 1.24 bits per heavy atom. The molecule has 0 radical (unpaired) electrons. The monoisotopic (exact) mass is 345 g/mol. The van der Waals surface area contributed by atoms with Gasteiger partial charge in [-0.3, -0.25) is 14.0 Å². The number of likely N-dealkylation sites (tertiary alicyclic amines) is 2. The molecule has 2 aliphatic heterocycles. The second-order valence-corrected chi connectivity index (χ2v) is 6.82. The maximum atomic E-state index is 12.8. The predicted molar refractivity (Wildman–Crippen MR) is 88.6 cm³/mol. The van der Waals surface area contributed by atoms with Crippen LogP contribution in [0.25, 0.3) is 11.0 Å². The number of hydrogen-bond acceptors (Lipinski definition) is 4. The summed E-state index contributed by atoms with van der Waals surface area (Å²) in [5, 5.41) is 10.5. The molecule has 2 fully saturated rings. The van der Waals surface area contributed by atoms with E-state index in [1.54, 1.807) is 18.2 Å². The van der Waals surface area contributed by atoms with Crippen LogP contribution >= 0.6 is 0 Å². The summed E-state index contributed by atoms with van der Waals surface area (Å²) in [5.74, 6) is -0.150. The van der Waals surface area contributed by atoms with Crippen molar-refractivity contribution in [2.45, 2.75) is 25.3 Å². The van der Waals surface area contributed by atoms with Crippen LogP contribution in [0, 0.1) is 5.92 Å². The van der Waals surface area contributed by atoms with Crippen molar-refractivity contribution in [1.82, 2.24) is 25.2 Å². The Morgan fingerprint density at radius 2 is 2.00 bits per heavy atom. The number of H-pyrrole nitrogens is 1. The van der Waals surface area contributed by atoms with Gasteiger partial charge in [0.05, 0.1) is 6.67 Å². The lowest BCUT2D eigenvalue weighted by Gasteiger charge is -2.37. The molecule has 1 atom stereocenters. The van der Waals surface area contributed by atoms with Crippen molar-refractivity contribution in [2.24, 2.45) is 5.92 Å². The summed E-state index contributed by atoms with van der Waals surface area (Å²) >= 11 is 0. The standard InChI is InChI=1S/C17H20FN5O2/c18-9-11-7-16(24)23(10-11)13-3-5-22(6-4-13)17(25)12-1-2-14-15(8-12)20-21-19-14/h1-2,8,11,13H,3-7,9-10H2,(H,19,20,21). The average molecular weight is 345 g/mol. The van der Waals surface area contributed by atoms with Gasteiger partial charge >= 0.3 is 0 Å². The molecular formula is C17H20FN5O2. The molecule has 1 N–H and O–H groups in total. The Kier molecular flexibility index (Phi) is 4.10. The van der Waals surface area contributed by atoms with E-state index in [1.807, 2.05) is 9.80 Å². The quantitative estimate of drug-likeness (QED) is 0.911. The second-order valence-electron chi connectivity index (χ2n) is 6.82. The van der Waals surface area contributed by atoms with Crippen LogP contribution in [0.1, 0.15) is 29.6 Å². The van der Waals surface area contributed by atoms with E-state index in [-0.39, 0.29) is 23.8 Å². The molecule has 1 aromatic heterocycles. The van der Waals surface area contributed by atoms with Gasteiger partial charge in [-0.05, 0) is 31.0 Å². The van der Waals surface area contributed by atoms with Gasteiger partial charge in [-0.2, -0.15) is 15.4 Å². The molecule has 25 heavy (non-hydrogen) atoms. The van der Waals surface area contributed by atoms with E-state index in [2.05, 4.69) is 15.4 Å². The fraction of sp³-hybridized carbons (Fsp3) is 0.529. The number of halogens is 1. The van der Waals surface area contributed by atoms with Crippen LogP contribution in [0.15, 0.2) is 18.2 Å². The molecule has 2 amide bonds. The van der Waals surface area contributed by atoms with Crippen LogP contribution in [0.2, 0.25) is 0 Å². The third-order valence-electron chi connectivity index (χ3n) is 5.21. The van der Waals surface area contributed by atoms with Crippen LogP contribution < -0.4 is 0 Å². The van der Waals surface area contributed by atoms with Gasteiger partial charge in [-0.1, -0.05) is 0 Å². The highest BCUT2D eigenvalue weighted by atomic mass is 19.1. The van der Waals surface area contributed by atoms with Crippen LogP contribution in [0.4, 0.5) is 4.39 Å². The van der Waals surface area contributed by atoms with E-state index in [1.165, 1.54) is 0 Å². The summed E-state index contributed by atoms with van der Waals surface area (Å²) in [6, 6.07) is 5.39. The maximum Gasteiger partial charge on any atom is 0.253 e. The number of alkyl halides is 1. The summed E-state index contributed by atoms with van der Waals surface area (Å²) in [7, 11) is 0. The van der Waals surface area contributed by atoms with Gasteiger partial charge in [-0.15, -0.1) is 0 Å². The number of nitrogens with zero attached hydrogens (tertiary/aromatic N) is 4. The first-order valence-electron chi connectivity index (χ1n) is 8.61. The maximum absolute atomic E-state index is 12.8. The number of carbonyl (C=O) groups is 2. The molecule has 7 nitrogen and oxygen atoms in total. The zero-order valence-electron chi connectivity index (χ0n) is 13.8. The van der Waals surface area contributed by atoms with Gasteiger partial charge in [0.1, 0.15) is 11.0 Å². The van der Waals surface area contributed by atoms with E-state index in [4.69, 9.17) is 0 Å². The van der Waals surface area contributed by atoms with Crippen LogP contribution in [0.3, 0.4) is 0 Å². The van der Waals surface area contributed by atoms with E-state index in [0.717, 1.165) is 18.4 Å². The number of amides is 2. The molecule has 2 aromatic rings. The first-order chi connectivity index (χ1) is 12.2. The summed E-state index contributed by atoms with van der Waals surface area (Å²) < 4.78 is 12.8. The van der Waals surface area contributed by atoms with Gasteiger partial charge in [0.2, 0.25) is 5.91 Å². The zero-order valence-corrected chi connectivity index (χ0v) is 13.8. The number of hydrogen-bond donors (Lipinski definition) is 1. The number of aromatic nitrogens is 3. The Bertz CT molecular complexity index is 799. The van der Waals surface area contributed by atoms with Gasteiger partial charge in [0.25, 0.3) is 5.91 Å². The number of nitrogens with one attached hydrogen (secondary N) is 1. The molecule has 8 heteroatoms. The minimum Gasteiger partial charge on any atom is -0.339 e. The summed E-state index contributed by atoms with van der Waals surface area (Å²) in [6.45, 7) is 1.27. The summed E-state index contributed by atoms with van der Waals surface area (Å²) in [5.41, 5.74) is 1.99. The molecule has 0 bridgehead atoms. The van der Waals surface area contributed by atoms with Crippen molar-refractivity contribution in [3.8, 4) is 0 Å². The lowest BCUT2D eigenvalue weighted by atomic mass is 10.0. The lowest BCUT2D eigenvalue weighted by molar-refractivity contribution is -0.130. The topological polar surface area (TPSA) is 82.2 Å². The highest BCUT2D eigenvalue weighted by Gasteiger charge is 2.36. The van der Waals surface area contributed by atoms with Crippen molar-refractivity contribution in [3.05, 3.63) is 23.8 Å². The minimum atomic E-state index is -0.440. The molecule has 1 aromatic carbocycles. The molecule has 132 valence electrons. The van der Waals surface area contributed by atoms with Crippen LogP contribution in [-0.2, 0) is 4.79 Å². The van der Waals surface area contributed by atoms with E-state index < -0.39 is 6.67 Å².